The third-order valence-corrected chi connectivity index (χ3v) is 3.39. The topological polar surface area (TPSA) is 64.6 Å². The van der Waals surface area contributed by atoms with Gasteiger partial charge in [-0.3, -0.25) is 9.69 Å². The molecule has 0 aliphatic carbocycles. The van der Waals surface area contributed by atoms with Crippen molar-refractivity contribution in [2.24, 2.45) is 5.92 Å². The third kappa shape index (κ3) is 5.80. The number of amides is 1. The molecule has 1 atom stereocenters. The van der Waals surface area contributed by atoms with Crippen LogP contribution in [0.2, 0.25) is 0 Å². The second-order valence-electron chi connectivity index (χ2n) is 5.31. The van der Waals surface area contributed by atoms with Crippen molar-refractivity contribution in [3.63, 3.8) is 0 Å². The molecule has 0 aromatic heterocycles. The van der Waals surface area contributed by atoms with Gasteiger partial charge in [0, 0.05) is 25.7 Å². The summed E-state index contributed by atoms with van der Waals surface area (Å²) < 4.78 is 0. The van der Waals surface area contributed by atoms with Crippen LogP contribution in [0, 0.1) is 5.92 Å². The van der Waals surface area contributed by atoms with Crippen molar-refractivity contribution in [1.82, 2.24) is 15.5 Å². The normalized spacial score (nSPS) is 19.6. The third-order valence-electron chi connectivity index (χ3n) is 3.39. The molecular formula is C13H27N3O2. The molecule has 3 N–H and O–H groups in total. The quantitative estimate of drug-likeness (QED) is 0.617. The Hall–Kier alpha value is -0.650. The van der Waals surface area contributed by atoms with Crippen molar-refractivity contribution in [2.45, 2.75) is 32.7 Å². The highest BCUT2D eigenvalue weighted by molar-refractivity contribution is 5.78. The molecule has 1 unspecified atom stereocenters. The average Bonchev–Trinajstić information content (AvgIpc) is 2.57. The molecule has 0 saturated carbocycles. The number of hydrogen-bond acceptors (Lipinski definition) is 4. The minimum absolute atomic E-state index is 0.0732. The Morgan fingerprint density at radius 3 is 2.83 bits per heavy atom. The maximum absolute atomic E-state index is 12.0. The minimum Gasteiger partial charge on any atom is -0.396 e. The molecule has 1 aliphatic rings. The summed E-state index contributed by atoms with van der Waals surface area (Å²) in [7, 11) is 0. The van der Waals surface area contributed by atoms with E-state index in [1.54, 1.807) is 0 Å². The van der Waals surface area contributed by atoms with Crippen LogP contribution < -0.4 is 10.6 Å². The second kappa shape index (κ2) is 8.45. The van der Waals surface area contributed by atoms with Crippen LogP contribution in [0.25, 0.3) is 0 Å². The fraction of sp³-hybridized carbons (Fsp3) is 0.923. The van der Waals surface area contributed by atoms with E-state index in [1.807, 2.05) is 0 Å². The molecule has 0 bridgehead atoms. The van der Waals surface area contributed by atoms with Crippen LogP contribution in [-0.4, -0.2) is 61.3 Å². The lowest BCUT2D eigenvalue weighted by atomic mass is 10.0. The van der Waals surface area contributed by atoms with Crippen LogP contribution in [0.1, 0.15) is 26.7 Å². The maximum Gasteiger partial charge on any atom is 0.234 e. The first-order chi connectivity index (χ1) is 8.63. The molecule has 1 heterocycles. The highest BCUT2D eigenvalue weighted by Crippen LogP contribution is 2.05. The summed E-state index contributed by atoms with van der Waals surface area (Å²) in [6.07, 6.45) is 1.72. The summed E-state index contributed by atoms with van der Waals surface area (Å²) in [5.74, 6) is 0.427. The van der Waals surface area contributed by atoms with Gasteiger partial charge in [0.25, 0.3) is 0 Å². The Morgan fingerprint density at radius 1 is 1.39 bits per heavy atom. The zero-order chi connectivity index (χ0) is 13.4. The van der Waals surface area contributed by atoms with Gasteiger partial charge in [-0.05, 0) is 31.8 Å². The van der Waals surface area contributed by atoms with E-state index < -0.39 is 0 Å². The van der Waals surface area contributed by atoms with Gasteiger partial charge in [-0.25, -0.2) is 0 Å². The molecule has 0 aromatic carbocycles. The fourth-order valence-electron chi connectivity index (χ4n) is 2.23. The molecule has 1 saturated heterocycles. The Kier molecular flexibility index (Phi) is 7.23. The lowest BCUT2D eigenvalue weighted by Crippen LogP contribution is -2.45. The summed E-state index contributed by atoms with van der Waals surface area (Å²) in [5, 5.41) is 15.3. The number of nitrogens with one attached hydrogen (secondary N) is 2. The van der Waals surface area contributed by atoms with E-state index >= 15 is 0 Å². The molecule has 1 rings (SSSR count). The Balaban J connectivity index is 2.34. The van der Waals surface area contributed by atoms with Crippen LogP contribution in [0.4, 0.5) is 0 Å². The fourth-order valence-corrected chi connectivity index (χ4v) is 2.23. The Labute approximate surface area is 110 Å². The Morgan fingerprint density at radius 2 is 2.17 bits per heavy atom. The predicted molar refractivity (Wildman–Crippen MR) is 72.4 cm³/mol. The number of carbonyl (C=O) groups excluding carboxylic acids is 1. The van der Waals surface area contributed by atoms with Gasteiger partial charge >= 0.3 is 0 Å². The smallest absolute Gasteiger partial charge is 0.234 e. The van der Waals surface area contributed by atoms with Crippen molar-refractivity contribution in [1.29, 1.82) is 0 Å². The van der Waals surface area contributed by atoms with Crippen molar-refractivity contribution in [2.75, 3.05) is 39.3 Å². The van der Waals surface area contributed by atoms with E-state index in [9.17, 15) is 4.79 Å². The van der Waals surface area contributed by atoms with Gasteiger partial charge in [-0.1, -0.05) is 13.8 Å². The zero-order valence-corrected chi connectivity index (χ0v) is 11.6. The van der Waals surface area contributed by atoms with Crippen molar-refractivity contribution in [3.8, 4) is 0 Å². The molecule has 1 amide bonds. The largest absolute Gasteiger partial charge is 0.396 e. The standard InChI is InChI=1S/C13H27N3O2/c1-11(2)12(4-9-17)15-13(18)10-16-7-3-5-14-6-8-16/h11-12,14,17H,3-10H2,1-2H3,(H,15,18). The first-order valence-corrected chi connectivity index (χ1v) is 6.96. The SMILES string of the molecule is CC(C)C(CCO)NC(=O)CN1CCCNCC1. The molecule has 0 radical (unpaired) electrons. The number of nitrogens with zero attached hydrogens (tertiary/aromatic N) is 1. The van der Waals surface area contributed by atoms with Gasteiger partial charge < -0.3 is 15.7 Å². The van der Waals surface area contributed by atoms with Crippen molar-refractivity contribution in [3.05, 3.63) is 0 Å². The van der Waals surface area contributed by atoms with Gasteiger partial charge in [-0.2, -0.15) is 0 Å². The van der Waals surface area contributed by atoms with E-state index in [0.29, 0.717) is 18.9 Å². The molecule has 5 nitrogen and oxygen atoms in total. The van der Waals surface area contributed by atoms with Crippen LogP contribution in [0.5, 0.6) is 0 Å². The average molecular weight is 257 g/mol. The number of aliphatic hydroxyl groups excluding tert-OH is 1. The number of hydrogen-bond donors (Lipinski definition) is 3. The number of carbonyl (C=O) groups is 1. The van der Waals surface area contributed by atoms with Crippen LogP contribution in [-0.2, 0) is 4.79 Å². The first-order valence-electron chi connectivity index (χ1n) is 6.96. The number of rotatable bonds is 6. The Bertz CT molecular complexity index is 238. The predicted octanol–water partition coefficient (Wildman–Crippen LogP) is -0.195. The van der Waals surface area contributed by atoms with Gasteiger partial charge in [0.1, 0.15) is 0 Å². The minimum atomic E-state index is 0.0732. The van der Waals surface area contributed by atoms with E-state index in [0.717, 1.165) is 32.6 Å². The lowest BCUT2D eigenvalue weighted by molar-refractivity contribution is -0.123. The summed E-state index contributed by atoms with van der Waals surface area (Å²) in [4.78, 5) is 14.1. The van der Waals surface area contributed by atoms with Gasteiger partial charge in [0.05, 0.1) is 6.54 Å². The summed E-state index contributed by atoms with van der Waals surface area (Å²) in [6, 6.07) is 0.0765. The van der Waals surface area contributed by atoms with Crippen LogP contribution in [0.15, 0.2) is 0 Å². The van der Waals surface area contributed by atoms with E-state index in [-0.39, 0.29) is 18.6 Å². The monoisotopic (exact) mass is 257 g/mol. The summed E-state index contributed by atoms with van der Waals surface area (Å²) >= 11 is 0. The van der Waals surface area contributed by atoms with Crippen molar-refractivity contribution < 1.29 is 9.90 Å². The van der Waals surface area contributed by atoms with E-state index in [4.69, 9.17) is 5.11 Å². The molecule has 18 heavy (non-hydrogen) atoms. The molecule has 1 aliphatic heterocycles. The summed E-state index contributed by atoms with van der Waals surface area (Å²) in [6.45, 7) is 8.63. The van der Waals surface area contributed by atoms with Crippen LogP contribution in [0.3, 0.4) is 0 Å². The molecule has 0 aromatic rings. The molecule has 1 fully saturated rings. The van der Waals surface area contributed by atoms with Gasteiger partial charge in [0.15, 0.2) is 0 Å². The highest BCUT2D eigenvalue weighted by atomic mass is 16.3. The maximum atomic E-state index is 12.0. The molecular weight excluding hydrogens is 230 g/mol. The van der Waals surface area contributed by atoms with Crippen molar-refractivity contribution >= 4 is 5.91 Å². The van der Waals surface area contributed by atoms with E-state index in [2.05, 4.69) is 29.4 Å². The first kappa shape index (κ1) is 15.4. The molecule has 5 heteroatoms. The number of aliphatic hydroxyl groups is 1. The summed E-state index contributed by atoms with van der Waals surface area (Å²) in [5.41, 5.74) is 0. The zero-order valence-electron chi connectivity index (χ0n) is 11.6. The second-order valence-corrected chi connectivity index (χ2v) is 5.31. The van der Waals surface area contributed by atoms with Crippen LogP contribution >= 0.6 is 0 Å². The molecule has 106 valence electrons. The highest BCUT2D eigenvalue weighted by Gasteiger charge is 2.18. The van der Waals surface area contributed by atoms with Gasteiger partial charge in [0.2, 0.25) is 5.91 Å². The van der Waals surface area contributed by atoms with Gasteiger partial charge in [-0.15, -0.1) is 0 Å². The van der Waals surface area contributed by atoms with E-state index in [1.165, 1.54) is 0 Å². The molecule has 0 spiro atoms. The lowest BCUT2D eigenvalue weighted by Gasteiger charge is -2.24.